The predicted octanol–water partition coefficient (Wildman–Crippen LogP) is 15.5. The highest BCUT2D eigenvalue weighted by Gasteiger charge is 2.47. The van der Waals surface area contributed by atoms with Crippen LogP contribution in [0.2, 0.25) is 0 Å². The van der Waals surface area contributed by atoms with Gasteiger partial charge in [0.15, 0.2) is 0 Å². The van der Waals surface area contributed by atoms with Gasteiger partial charge in [0.25, 0.3) is 6.71 Å². The zero-order valence-electron chi connectivity index (χ0n) is 45.5. The average Bonchev–Trinajstić information content (AvgIpc) is 3.69. The summed E-state index contributed by atoms with van der Waals surface area (Å²) in [6, 6.07) is 34.5. The number of furan rings is 1. The summed E-state index contributed by atoms with van der Waals surface area (Å²) in [4.78, 5) is 4.87. The van der Waals surface area contributed by atoms with Crippen LogP contribution < -0.4 is 26.2 Å². The largest absolute Gasteiger partial charge is 0.456 e. The molecular weight excluding hydrogens is 800 g/mol. The van der Waals surface area contributed by atoms with Crippen LogP contribution in [0.15, 0.2) is 132 Å². The van der Waals surface area contributed by atoms with E-state index in [1.54, 1.807) is 0 Å². The molecule has 12 rings (SSSR count). The highest BCUT2D eigenvalue weighted by molar-refractivity contribution is 7.00. The molecule has 0 amide bonds. The molecular formula is C62H63BN2O. The van der Waals surface area contributed by atoms with E-state index in [0.717, 1.165) is 87.1 Å². The van der Waals surface area contributed by atoms with Gasteiger partial charge in [-0.2, -0.15) is 0 Å². The van der Waals surface area contributed by atoms with Crippen molar-refractivity contribution in [1.29, 1.82) is 0 Å². The van der Waals surface area contributed by atoms with E-state index in [1.165, 1.54) is 44.4 Å². The lowest BCUT2D eigenvalue weighted by molar-refractivity contribution is 0.332. The third kappa shape index (κ3) is 6.02. The summed E-state index contributed by atoms with van der Waals surface area (Å²) >= 11 is 0. The van der Waals surface area contributed by atoms with Crippen molar-refractivity contribution in [3.63, 3.8) is 0 Å². The van der Waals surface area contributed by atoms with Gasteiger partial charge in [0.05, 0.1) is 12.5 Å². The van der Waals surface area contributed by atoms with Gasteiger partial charge in [-0.25, -0.2) is 0 Å². The fraction of sp³-hybridized carbons (Fsp3) is 0.323. The molecule has 4 heteroatoms. The summed E-state index contributed by atoms with van der Waals surface area (Å²) in [5.74, 6) is 0.336. The van der Waals surface area contributed by atoms with E-state index in [9.17, 15) is 2.74 Å². The molecule has 2 aliphatic heterocycles. The number of nitrogens with zero attached hydrogens (tertiary/aromatic N) is 2. The first-order valence-electron chi connectivity index (χ1n) is 26.7. The van der Waals surface area contributed by atoms with Gasteiger partial charge >= 0.3 is 0 Å². The van der Waals surface area contributed by atoms with Crippen LogP contribution in [0.5, 0.6) is 0 Å². The maximum absolute atomic E-state index is 9.27. The van der Waals surface area contributed by atoms with Crippen molar-refractivity contribution in [2.24, 2.45) is 0 Å². The summed E-state index contributed by atoms with van der Waals surface area (Å²) in [6.07, 6.45) is 4.45. The lowest BCUT2D eigenvalue weighted by Gasteiger charge is -2.48. The van der Waals surface area contributed by atoms with Crippen molar-refractivity contribution in [1.82, 2.24) is 0 Å². The highest BCUT2D eigenvalue weighted by atomic mass is 16.3. The van der Waals surface area contributed by atoms with Crippen molar-refractivity contribution in [2.75, 3.05) is 9.80 Å². The van der Waals surface area contributed by atoms with E-state index in [-0.39, 0.29) is 58.1 Å². The molecule has 4 aliphatic rings. The Morgan fingerprint density at radius 1 is 0.545 bits per heavy atom. The van der Waals surface area contributed by atoms with E-state index >= 15 is 0 Å². The van der Waals surface area contributed by atoms with Gasteiger partial charge < -0.3 is 14.2 Å². The van der Waals surface area contributed by atoms with Crippen molar-refractivity contribution < 1.29 is 11.3 Å². The van der Waals surface area contributed by atoms with Crippen LogP contribution in [0.1, 0.15) is 141 Å². The van der Waals surface area contributed by atoms with Crippen molar-refractivity contribution in [3.8, 4) is 11.1 Å². The zero-order chi connectivity index (χ0) is 50.2. The standard InChI is InChI=1S/C62H63BN2O/c1-37(2)40-21-24-56-43(31-40)44-33-49-53(36-57(44)66-56)65(51-20-16-15-19-42(51)39-17-13-12-14-18-39)55-30-38(3)29-54-58(55)63(49)50-34-47-48(62(10,11)28-27-61(47,8)9)35-52(50)64(54)41-22-23-45-46(32-41)60(6,7)26-25-59(45,4)5/h12-24,29-37H,25-28H2,1-11H3/i12D,13D,14D,17D,18D. The third-order valence-corrected chi connectivity index (χ3v) is 16.5. The first kappa shape index (κ1) is 36.2. The van der Waals surface area contributed by atoms with Gasteiger partial charge in [0.1, 0.15) is 11.2 Å². The lowest BCUT2D eigenvalue weighted by atomic mass is 9.33. The molecule has 0 radical (unpaired) electrons. The predicted molar refractivity (Wildman–Crippen MR) is 283 cm³/mol. The molecule has 0 saturated carbocycles. The minimum Gasteiger partial charge on any atom is -0.456 e. The number of anilines is 6. The van der Waals surface area contributed by atoms with Crippen LogP contribution in [0.3, 0.4) is 0 Å². The summed E-state index contributed by atoms with van der Waals surface area (Å²) in [5, 5.41) is 2.14. The Morgan fingerprint density at radius 2 is 1.14 bits per heavy atom. The van der Waals surface area contributed by atoms with E-state index in [0.29, 0.717) is 11.5 Å². The second kappa shape index (κ2) is 14.0. The Balaban J connectivity index is 1.23. The highest BCUT2D eigenvalue weighted by Crippen LogP contribution is 2.53. The summed E-state index contributed by atoms with van der Waals surface area (Å²) in [6.45, 7) is 25.8. The van der Waals surface area contributed by atoms with Crippen LogP contribution in [0.25, 0.3) is 33.1 Å². The number of fused-ring (bicyclic) bond motifs is 9. The fourth-order valence-corrected chi connectivity index (χ4v) is 12.4. The number of para-hydroxylation sites is 1. The molecule has 3 heterocycles. The topological polar surface area (TPSA) is 19.6 Å². The molecule has 0 atom stereocenters. The van der Waals surface area contributed by atoms with Gasteiger partial charge in [0, 0.05) is 50.8 Å². The normalized spacial score (nSPS) is 19.3. The quantitative estimate of drug-likeness (QED) is 0.164. The zero-order valence-corrected chi connectivity index (χ0v) is 40.5. The number of hydrogen-bond donors (Lipinski definition) is 0. The van der Waals surface area contributed by atoms with Crippen LogP contribution in [-0.2, 0) is 21.7 Å². The minimum absolute atomic E-state index is 0.00700. The van der Waals surface area contributed by atoms with E-state index < -0.39 is 6.04 Å². The first-order chi connectivity index (χ1) is 33.5. The number of rotatable bonds is 4. The summed E-state index contributed by atoms with van der Waals surface area (Å²) in [7, 11) is 0. The Bertz CT molecular complexity index is 3610. The molecule has 8 aromatic rings. The molecule has 0 bridgehead atoms. The summed E-state index contributed by atoms with van der Waals surface area (Å²) < 4.78 is 51.5. The third-order valence-electron chi connectivity index (χ3n) is 16.5. The van der Waals surface area contributed by atoms with Crippen molar-refractivity contribution >= 4 is 79.2 Å². The average molecular weight is 868 g/mol. The molecule has 1 aromatic heterocycles. The maximum atomic E-state index is 9.27. The smallest absolute Gasteiger partial charge is 0.252 e. The Kier molecular flexibility index (Phi) is 7.68. The Hall–Kier alpha value is -6.00. The molecule has 0 saturated heterocycles. The Labute approximate surface area is 400 Å². The molecule has 3 nitrogen and oxygen atoms in total. The van der Waals surface area contributed by atoms with Gasteiger partial charge in [0.2, 0.25) is 0 Å². The minimum atomic E-state index is -0.408. The van der Waals surface area contributed by atoms with E-state index in [2.05, 4.69) is 159 Å². The van der Waals surface area contributed by atoms with Crippen LogP contribution in [0.4, 0.5) is 34.1 Å². The van der Waals surface area contributed by atoms with Crippen molar-refractivity contribution in [2.45, 2.75) is 129 Å². The molecule has 0 fully saturated rings. The molecule has 330 valence electrons. The second-order valence-electron chi connectivity index (χ2n) is 23.0. The first-order valence-corrected chi connectivity index (χ1v) is 24.2. The van der Waals surface area contributed by atoms with E-state index in [1.807, 2.05) is 24.3 Å². The SMILES string of the molecule is [2H]c1c([2H])c([2H])c(-c2ccccc2N2c3cc4oc5ccc(C(C)C)cc5c4cc3B3c4cc5c(cc4N(c4ccc6c(c4)C(C)(C)CCC6(C)C)c4cc(C)cc2c43)C(C)(C)CCC5(C)C)c([2H])c1[2H]. The summed E-state index contributed by atoms with van der Waals surface area (Å²) in [5.41, 5.74) is 20.0. The molecule has 0 spiro atoms. The van der Waals surface area contributed by atoms with Gasteiger partial charge in [-0.3, -0.25) is 0 Å². The molecule has 0 unspecified atom stereocenters. The molecule has 66 heavy (non-hydrogen) atoms. The Morgan fingerprint density at radius 3 is 1.83 bits per heavy atom. The van der Waals surface area contributed by atoms with E-state index in [4.69, 9.17) is 8.53 Å². The van der Waals surface area contributed by atoms with Crippen molar-refractivity contribution in [3.05, 3.63) is 161 Å². The number of hydrogen-bond acceptors (Lipinski definition) is 3. The van der Waals surface area contributed by atoms with Gasteiger partial charge in [-0.05, 0) is 164 Å². The number of aryl methyl sites for hydroxylation is 1. The van der Waals surface area contributed by atoms with Crippen LogP contribution in [-0.4, -0.2) is 6.71 Å². The lowest BCUT2D eigenvalue weighted by Crippen LogP contribution is -2.62. The molecule has 2 aliphatic carbocycles. The van der Waals surface area contributed by atoms with Gasteiger partial charge in [-0.1, -0.05) is 142 Å². The van der Waals surface area contributed by atoms with Crippen LogP contribution in [0, 0.1) is 6.92 Å². The van der Waals surface area contributed by atoms with Crippen LogP contribution >= 0.6 is 0 Å². The maximum Gasteiger partial charge on any atom is 0.252 e. The fourth-order valence-electron chi connectivity index (χ4n) is 12.4. The monoisotopic (exact) mass is 868 g/mol. The number of benzene rings is 7. The molecule has 0 N–H and O–H groups in total. The van der Waals surface area contributed by atoms with Gasteiger partial charge in [-0.15, -0.1) is 0 Å². The second-order valence-corrected chi connectivity index (χ2v) is 23.0. The molecule has 7 aromatic carbocycles.